The van der Waals surface area contributed by atoms with E-state index < -0.39 is 0 Å². The van der Waals surface area contributed by atoms with Gasteiger partial charge in [0.1, 0.15) is 5.00 Å². The fourth-order valence-electron chi connectivity index (χ4n) is 2.34. The van der Waals surface area contributed by atoms with Crippen LogP contribution in [0.3, 0.4) is 0 Å². The minimum atomic E-state index is -0.237. The van der Waals surface area contributed by atoms with E-state index in [1.54, 1.807) is 28.5 Å². The standard InChI is InChI=1S/C18H22N2O3S/c1-3-13-5-7-14(8-6-13)16(22)19-17-15(9-12-24-17)18(23)20(4-2)10-11-21/h5-9,12,21H,3-4,10-11H2,1-2H3,(H,19,22). The van der Waals surface area contributed by atoms with Gasteiger partial charge in [-0.15, -0.1) is 11.3 Å². The zero-order valence-corrected chi connectivity index (χ0v) is 14.7. The maximum absolute atomic E-state index is 12.5. The average molecular weight is 346 g/mol. The van der Waals surface area contributed by atoms with Crippen molar-refractivity contribution in [1.29, 1.82) is 0 Å². The number of likely N-dealkylation sites (N-methyl/N-ethyl adjacent to an activating group) is 1. The predicted octanol–water partition coefficient (Wildman–Crippen LogP) is 3.02. The van der Waals surface area contributed by atoms with Gasteiger partial charge in [0.05, 0.1) is 12.2 Å². The fraction of sp³-hybridized carbons (Fsp3) is 0.333. The van der Waals surface area contributed by atoms with Crippen LogP contribution in [-0.2, 0) is 6.42 Å². The van der Waals surface area contributed by atoms with Gasteiger partial charge in [-0.2, -0.15) is 0 Å². The first kappa shape index (κ1) is 18.2. The van der Waals surface area contributed by atoms with Crippen LogP contribution in [-0.4, -0.2) is 41.5 Å². The Kier molecular flexibility index (Phi) is 6.52. The largest absolute Gasteiger partial charge is 0.395 e. The smallest absolute Gasteiger partial charge is 0.256 e. The molecule has 0 saturated heterocycles. The minimum absolute atomic E-state index is 0.0881. The first-order valence-electron chi connectivity index (χ1n) is 7.98. The summed E-state index contributed by atoms with van der Waals surface area (Å²) < 4.78 is 0. The number of aryl methyl sites for hydroxylation is 1. The zero-order chi connectivity index (χ0) is 17.5. The van der Waals surface area contributed by atoms with Crippen molar-refractivity contribution in [3.05, 3.63) is 52.4 Å². The van der Waals surface area contributed by atoms with Crippen molar-refractivity contribution in [3.8, 4) is 0 Å². The number of aliphatic hydroxyl groups excluding tert-OH is 1. The van der Waals surface area contributed by atoms with Gasteiger partial charge in [-0.1, -0.05) is 19.1 Å². The maximum Gasteiger partial charge on any atom is 0.256 e. The molecule has 128 valence electrons. The second-order valence-corrected chi connectivity index (χ2v) is 6.19. The van der Waals surface area contributed by atoms with E-state index in [4.69, 9.17) is 5.11 Å². The lowest BCUT2D eigenvalue weighted by Crippen LogP contribution is -2.33. The van der Waals surface area contributed by atoms with Gasteiger partial charge >= 0.3 is 0 Å². The van der Waals surface area contributed by atoms with Crippen LogP contribution >= 0.6 is 11.3 Å². The Morgan fingerprint density at radius 1 is 1.17 bits per heavy atom. The summed E-state index contributed by atoms with van der Waals surface area (Å²) in [5, 5.41) is 14.2. The molecule has 0 unspecified atom stereocenters. The number of carbonyl (C=O) groups excluding carboxylic acids is 2. The van der Waals surface area contributed by atoms with Crippen molar-refractivity contribution in [1.82, 2.24) is 4.90 Å². The number of thiophene rings is 1. The van der Waals surface area contributed by atoms with Crippen molar-refractivity contribution < 1.29 is 14.7 Å². The van der Waals surface area contributed by atoms with Gasteiger partial charge < -0.3 is 15.3 Å². The summed E-state index contributed by atoms with van der Waals surface area (Å²) in [7, 11) is 0. The zero-order valence-electron chi connectivity index (χ0n) is 13.9. The fourth-order valence-corrected chi connectivity index (χ4v) is 3.11. The van der Waals surface area contributed by atoms with Crippen molar-refractivity contribution >= 4 is 28.2 Å². The number of aliphatic hydroxyl groups is 1. The number of benzene rings is 1. The lowest BCUT2D eigenvalue weighted by atomic mass is 10.1. The summed E-state index contributed by atoms with van der Waals surface area (Å²) in [6, 6.07) is 9.12. The molecular weight excluding hydrogens is 324 g/mol. The molecule has 0 aliphatic heterocycles. The Hall–Kier alpha value is -2.18. The third-order valence-electron chi connectivity index (χ3n) is 3.79. The Labute approximate surface area is 145 Å². The van der Waals surface area contributed by atoms with E-state index in [-0.39, 0.29) is 25.0 Å². The second kappa shape index (κ2) is 8.61. The van der Waals surface area contributed by atoms with Gasteiger partial charge in [-0.05, 0) is 42.5 Å². The highest BCUT2D eigenvalue weighted by Gasteiger charge is 2.20. The highest BCUT2D eigenvalue weighted by molar-refractivity contribution is 7.14. The Bertz CT molecular complexity index is 695. The van der Waals surface area contributed by atoms with Gasteiger partial charge in [0.15, 0.2) is 0 Å². The third kappa shape index (κ3) is 4.21. The van der Waals surface area contributed by atoms with Crippen LogP contribution in [0.5, 0.6) is 0 Å². The van der Waals surface area contributed by atoms with Crippen molar-refractivity contribution in [2.75, 3.05) is 25.0 Å². The van der Waals surface area contributed by atoms with E-state index in [0.717, 1.165) is 6.42 Å². The molecule has 0 aliphatic carbocycles. The minimum Gasteiger partial charge on any atom is -0.395 e. The number of amides is 2. The number of anilines is 1. The number of nitrogens with one attached hydrogen (secondary N) is 1. The van der Waals surface area contributed by atoms with Crippen LogP contribution in [0, 0.1) is 0 Å². The summed E-state index contributed by atoms with van der Waals surface area (Å²) >= 11 is 1.31. The highest BCUT2D eigenvalue weighted by atomic mass is 32.1. The van der Waals surface area contributed by atoms with Gasteiger partial charge in [0, 0.05) is 18.7 Å². The average Bonchev–Trinajstić information content (AvgIpc) is 3.07. The Morgan fingerprint density at radius 3 is 2.46 bits per heavy atom. The van der Waals surface area contributed by atoms with Crippen LogP contribution in [0.4, 0.5) is 5.00 Å². The molecule has 1 aromatic carbocycles. The van der Waals surface area contributed by atoms with Gasteiger partial charge in [0.2, 0.25) is 0 Å². The Balaban J connectivity index is 2.14. The topological polar surface area (TPSA) is 69.6 Å². The number of hydrogen-bond acceptors (Lipinski definition) is 4. The molecule has 0 aliphatic rings. The van der Waals surface area contributed by atoms with Crippen molar-refractivity contribution in [2.24, 2.45) is 0 Å². The van der Waals surface area contributed by atoms with E-state index in [1.165, 1.54) is 16.9 Å². The molecule has 5 nitrogen and oxygen atoms in total. The predicted molar refractivity (Wildman–Crippen MR) is 96.8 cm³/mol. The molecule has 6 heteroatoms. The molecule has 24 heavy (non-hydrogen) atoms. The quantitative estimate of drug-likeness (QED) is 0.810. The molecule has 0 bridgehead atoms. The monoisotopic (exact) mass is 346 g/mol. The van der Waals surface area contributed by atoms with E-state index in [1.807, 2.05) is 19.1 Å². The first-order chi connectivity index (χ1) is 11.6. The van der Waals surface area contributed by atoms with E-state index >= 15 is 0 Å². The van der Waals surface area contributed by atoms with Crippen LogP contribution < -0.4 is 5.32 Å². The molecular formula is C18H22N2O3S. The first-order valence-corrected chi connectivity index (χ1v) is 8.86. The number of nitrogens with zero attached hydrogens (tertiary/aromatic N) is 1. The van der Waals surface area contributed by atoms with Gasteiger partial charge in [0.25, 0.3) is 11.8 Å². The molecule has 0 spiro atoms. The molecule has 2 rings (SSSR count). The molecule has 2 N–H and O–H groups in total. The number of carbonyl (C=O) groups is 2. The Morgan fingerprint density at radius 2 is 1.88 bits per heavy atom. The maximum atomic E-state index is 12.5. The summed E-state index contributed by atoms with van der Waals surface area (Å²) in [5.41, 5.74) is 2.18. The lowest BCUT2D eigenvalue weighted by Gasteiger charge is -2.19. The third-order valence-corrected chi connectivity index (χ3v) is 4.62. The molecule has 0 fully saturated rings. The summed E-state index contributed by atoms with van der Waals surface area (Å²) in [4.78, 5) is 26.5. The SMILES string of the molecule is CCc1ccc(C(=O)Nc2sccc2C(=O)N(CC)CCO)cc1. The molecule has 1 heterocycles. The van der Waals surface area contributed by atoms with E-state index in [2.05, 4.69) is 12.2 Å². The van der Waals surface area contributed by atoms with E-state index in [9.17, 15) is 9.59 Å². The highest BCUT2D eigenvalue weighted by Crippen LogP contribution is 2.25. The summed E-state index contributed by atoms with van der Waals surface area (Å²) in [6.45, 7) is 4.60. The number of hydrogen-bond donors (Lipinski definition) is 2. The van der Waals surface area contributed by atoms with Crippen LogP contribution in [0.25, 0.3) is 0 Å². The second-order valence-electron chi connectivity index (χ2n) is 5.28. The van der Waals surface area contributed by atoms with Crippen molar-refractivity contribution in [2.45, 2.75) is 20.3 Å². The molecule has 1 aromatic heterocycles. The van der Waals surface area contributed by atoms with Crippen molar-refractivity contribution in [3.63, 3.8) is 0 Å². The van der Waals surface area contributed by atoms with E-state index in [0.29, 0.717) is 22.7 Å². The van der Waals surface area contributed by atoms with Crippen LogP contribution in [0.15, 0.2) is 35.7 Å². The molecule has 2 aromatic rings. The summed E-state index contributed by atoms with van der Waals surface area (Å²) in [5.74, 6) is -0.427. The normalized spacial score (nSPS) is 10.5. The molecule has 2 amide bonds. The van der Waals surface area contributed by atoms with Crippen LogP contribution in [0.1, 0.15) is 40.1 Å². The lowest BCUT2D eigenvalue weighted by molar-refractivity contribution is 0.0733. The van der Waals surface area contributed by atoms with Crippen LogP contribution in [0.2, 0.25) is 0 Å². The summed E-state index contributed by atoms with van der Waals surface area (Å²) in [6.07, 6.45) is 0.920. The van der Waals surface area contributed by atoms with Gasteiger partial charge in [-0.25, -0.2) is 0 Å². The number of rotatable bonds is 7. The van der Waals surface area contributed by atoms with Gasteiger partial charge in [-0.3, -0.25) is 9.59 Å². The molecule has 0 radical (unpaired) electrons. The molecule has 0 saturated carbocycles. The molecule has 0 atom stereocenters.